The van der Waals surface area contributed by atoms with Crippen LogP contribution < -0.4 is 10.6 Å². The van der Waals surface area contributed by atoms with Crippen molar-refractivity contribution in [2.75, 3.05) is 0 Å². The molecule has 0 aliphatic heterocycles. The highest BCUT2D eigenvalue weighted by atomic mass is 14.7. The molecule has 0 spiro atoms. The molecular formula is C28H34N2. The van der Waals surface area contributed by atoms with E-state index in [2.05, 4.69) is 85.5 Å². The standard InChI is InChI=1S/C24H22N2.2C2H6/c1-5-17-19-11-9-15(13-23(19)25-21(17)7-3)16-10-12-20-18(6-2)22(8-4)26-24(20)14-16;2*1-2/h5-14,25-26H,1,3H2,2,4H3;2*1-2H3/b18-6-,22-8+;;. The Morgan fingerprint density at radius 1 is 0.700 bits per heavy atom. The van der Waals surface area contributed by atoms with Gasteiger partial charge in [0.1, 0.15) is 0 Å². The van der Waals surface area contributed by atoms with Crippen LogP contribution in [-0.2, 0) is 0 Å². The summed E-state index contributed by atoms with van der Waals surface area (Å²) in [6, 6.07) is 13.1. The average molecular weight is 399 g/mol. The third kappa shape index (κ3) is 4.04. The van der Waals surface area contributed by atoms with Crippen molar-refractivity contribution in [1.29, 1.82) is 0 Å². The molecule has 30 heavy (non-hydrogen) atoms. The minimum atomic E-state index is 1.01. The van der Waals surface area contributed by atoms with Crippen molar-refractivity contribution in [3.63, 3.8) is 0 Å². The molecule has 2 N–H and O–H groups in total. The molecule has 0 aliphatic carbocycles. The van der Waals surface area contributed by atoms with Crippen LogP contribution in [0.3, 0.4) is 0 Å². The summed E-state index contributed by atoms with van der Waals surface area (Å²) < 4.78 is 0. The van der Waals surface area contributed by atoms with Crippen LogP contribution in [0, 0.1) is 0 Å². The van der Waals surface area contributed by atoms with E-state index >= 15 is 0 Å². The maximum atomic E-state index is 3.93. The lowest BCUT2D eigenvalue weighted by Crippen LogP contribution is -2.21. The quantitative estimate of drug-likeness (QED) is 0.364. The summed E-state index contributed by atoms with van der Waals surface area (Å²) in [7, 11) is 0. The van der Waals surface area contributed by atoms with Gasteiger partial charge in [0, 0.05) is 43.6 Å². The Hall–Kier alpha value is -3.26. The van der Waals surface area contributed by atoms with Crippen LogP contribution in [0.5, 0.6) is 0 Å². The number of hydrogen-bond acceptors (Lipinski definition) is 0. The summed E-state index contributed by atoms with van der Waals surface area (Å²) >= 11 is 0. The van der Waals surface area contributed by atoms with E-state index in [9.17, 15) is 0 Å². The van der Waals surface area contributed by atoms with Gasteiger partial charge < -0.3 is 9.97 Å². The van der Waals surface area contributed by atoms with E-state index in [0.29, 0.717) is 0 Å². The third-order valence-corrected chi connectivity index (χ3v) is 5.06. The molecule has 0 aliphatic rings. The highest BCUT2D eigenvalue weighted by Crippen LogP contribution is 2.30. The van der Waals surface area contributed by atoms with Gasteiger partial charge in [-0.05, 0) is 43.2 Å². The molecule has 0 fully saturated rings. The Bertz CT molecular complexity index is 1280. The number of aromatic amines is 2. The highest BCUT2D eigenvalue weighted by molar-refractivity contribution is 5.96. The van der Waals surface area contributed by atoms with Gasteiger partial charge in [-0.2, -0.15) is 0 Å². The first-order chi connectivity index (χ1) is 14.7. The van der Waals surface area contributed by atoms with Gasteiger partial charge in [-0.15, -0.1) is 0 Å². The topological polar surface area (TPSA) is 31.6 Å². The Kier molecular flexibility index (Phi) is 8.06. The van der Waals surface area contributed by atoms with E-state index in [1.54, 1.807) is 0 Å². The highest BCUT2D eigenvalue weighted by Gasteiger charge is 2.09. The van der Waals surface area contributed by atoms with E-state index in [1.807, 2.05) is 39.8 Å². The second kappa shape index (κ2) is 10.5. The maximum absolute atomic E-state index is 3.93. The lowest BCUT2D eigenvalue weighted by Gasteiger charge is -2.03. The van der Waals surface area contributed by atoms with Crippen LogP contribution in [0.25, 0.3) is 57.2 Å². The summed E-state index contributed by atoms with van der Waals surface area (Å²) in [6.45, 7) is 20.0. The van der Waals surface area contributed by atoms with Crippen molar-refractivity contribution in [1.82, 2.24) is 9.97 Å². The normalized spacial score (nSPS) is 11.7. The second-order valence-electron chi connectivity index (χ2n) is 6.41. The maximum Gasteiger partial charge on any atom is 0.0471 e. The minimum Gasteiger partial charge on any atom is -0.355 e. The zero-order chi connectivity index (χ0) is 22.3. The molecule has 0 atom stereocenters. The summed E-state index contributed by atoms with van der Waals surface area (Å²) in [4.78, 5) is 6.96. The average Bonchev–Trinajstić information content (AvgIpc) is 3.37. The number of H-pyrrole nitrogens is 2. The fourth-order valence-corrected chi connectivity index (χ4v) is 3.76. The molecule has 0 radical (unpaired) electrons. The van der Waals surface area contributed by atoms with Crippen molar-refractivity contribution in [3.05, 3.63) is 71.4 Å². The minimum absolute atomic E-state index is 1.01. The number of nitrogens with one attached hydrogen (secondary N) is 2. The van der Waals surface area contributed by atoms with Gasteiger partial charge in [0.05, 0.1) is 0 Å². The van der Waals surface area contributed by atoms with Gasteiger partial charge >= 0.3 is 0 Å². The summed E-state index contributed by atoms with van der Waals surface area (Å²) in [5.41, 5.74) is 6.76. The summed E-state index contributed by atoms with van der Waals surface area (Å²) in [5.74, 6) is 0. The van der Waals surface area contributed by atoms with Crippen molar-refractivity contribution in [2.24, 2.45) is 0 Å². The van der Waals surface area contributed by atoms with Crippen LogP contribution in [0.1, 0.15) is 52.8 Å². The first-order valence-corrected chi connectivity index (χ1v) is 10.9. The van der Waals surface area contributed by atoms with E-state index in [4.69, 9.17) is 0 Å². The van der Waals surface area contributed by atoms with Crippen LogP contribution in [0.2, 0.25) is 0 Å². The van der Waals surface area contributed by atoms with Crippen LogP contribution in [0.4, 0.5) is 0 Å². The number of hydrogen-bond donors (Lipinski definition) is 2. The first-order valence-electron chi connectivity index (χ1n) is 10.9. The summed E-state index contributed by atoms with van der Waals surface area (Å²) in [5, 5.41) is 4.87. The Labute approximate surface area is 180 Å². The van der Waals surface area contributed by atoms with Gasteiger partial charge in [-0.3, -0.25) is 0 Å². The molecule has 0 unspecified atom stereocenters. The molecule has 0 saturated carbocycles. The molecule has 4 rings (SSSR count). The molecule has 2 aromatic heterocycles. The Balaban J connectivity index is 0.000000757. The predicted molar refractivity (Wildman–Crippen MR) is 138 cm³/mol. The van der Waals surface area contributed by atoms with E-state index < -0.39 is 0 Å². The molecule has 0 saturated heterocycles. The Morgan fingerprint density at radius 2 is 1.27 bits per heavy atom. The van der Waals surface area contributed by atoms with Gasteiger partial charge in [-0.1, -0.05) is 83.3 Å². The molecule has 2 heterocycles. The first kappa shape index (κ1) is 23.0. The molecule has 0 amide bonds. The van der Waals surface area contributed by atoms with Gasteiger partial charge in [0.15, 0.2) is 0 Å². The monoisotopic (exact) mass is 398 g/mol. The van der Waals surface area contributed by atoms with Crippen molar-refractivity contribution in [2.45, 2.75) is 41.5 Å². The van der Waals surface area contributed by atoms with E-state index in [-0.39, 0.29) is 0 Å². The fourth-order valence-electron chi connectivity index (χ4n) is 3.76. The molecular weight excluding hydrogens is 364 g/mol. The molecule has 2 aromatic carbocycles. The SMILES string of the molecule is C=Cc1[nH]c2cc(-c3ccc4c(=C/C)/c(=C\C)[nH]c4c3)ccc2c1C=C.CC.CC. The van der Waals surface area contributed by atoms with Crippen molar-refractivity contribution in [3.8, 4) is 11.1 Å². The molecule has 0 bridgehead atoms. The van der Waals surface area contributed by atoms with Crippen LogP contribution >= 0.6 is 0 Å². The zero-order valence-electron chi connectivity index (χ0n) is 19.2. The van der Waals surface area contributed by atoms with Crippen molar-refractivity contribution < 1.29 is 0 Å². The number of rotatable bonds is 3. The fraction of sp³-hybridized carbons (Fsp3) is 0.214. The number of fused-ring (bicyclic) bond motifs is 2. The molecule has 2 nitrogen and oxygen atoms in total. The largest absolute Gasteiger partial charge is 0.355 e. The van der Waals surface area contributed by atoms with Crippen LogP contribution in [-0.4, -0.2) is 9.97 Å². The predicted octanol–water partition coefficient (Wildman–Crippen LogP) is 7.26. The van der Waals surface area contributed by atoms with Gasteiger partial charge in [0.2, 0.25) is 0 Å². The van der Waals surface area contributed by atoms with Gasteiger partial charge in [-0.25, -0.2) is 0 Å². The van der Waals surface area contributed by atoms with Gasteiger partial charge in [0.25, 0.3) is 0 Å². The second-order valence-corrected chi connectivity index (χ2v) is 6.41. The zero-order valence-corrected chi connectivity index (χ0v) is 19.2. The summed E-state index contributed by atoms with van der Waals surface area (Å²) in [6.07, 6.45) is 8.00. The smallest absolute Gasteiger partial charge is 0.0471 e. The van der Waals surface area contributed by atoms with E-state index in [0.717, 1.165) is 22.3 Å². The molecule has 156 valence electrons. The van der Waals surface area contributed by atoms with E-state index in [1.165, 1.54) is 32.5 Å². The third-order valence-electron chi connectivity index (χ3n) is 5.06. The van der Waals surface area contributed by atoms with Crippen molar-refractivity contribution >= 4 is 46.1 Å². The lowest BCUT2D eigenvalue weighted by atomic mass is 10.0. The van der Waals surface area contributed by atoms with Crippen LogP contribution in [0.15, 0.2) is 49.6 Å². The number of aromatic nitrogens is 2. The molecule has 4 aromatic rings. The number of benzene rings is 2. The lowest BCUT2D eigenvalue weighted by molar-refractivity contribution is 1.35. The molecule has 2 heteroatoms. The Morgan fingerprint density at radius 3 is 1.77 bits per heavy atom.